The minimum Gasteiger partial charge on any atom is -0.398 e. The summed E-state index contributed by atoms with van der Waals surface area (Å²) in [4.78, 5) is 12.2. The molecule has 0 saturated carbocycles. The van der Waals surface area contributed by atoms with Crippen molar-refractivity contribution >= 4 is 33.2 Å². The molecule has 3 nitrogen and oxygen atoms in total. The van der Waals surface area contributed by atoms with Crippen LogP contribution in [0, 0.1) is 0 Å². The number of halogens is 1. The lowest BCUT2D eigenvalue weighted by atomic mass is 9.87. The van der Waals surface area contributed by atoms with E-state index in [0.717, 1.165) is 4.47 Å². The van der Waals surface area contributed by atoms with Crippen LogP contribution in [0.25, 0.3) is 0 Å². The van der Waals surface area contributed by atoms with Gasteiger partial charge in [-0.25, -0.2) is 0 Å². The first kappa shape index (κ1) is 15.6. The molecule has 0 heterocycles. The highest BCUT2D eigenvalue weighted by Gasteiger charge is 2.14. The van der Waals surface area contributed by atoms with Gasteiger partial charge in [0.15, 0.2) is 0 Å². The van der Waals surface area contributed by atoms with Crippen LogP contribution in [0.5, 0.6) is 0 Å². The molecule has 0 fully saturated rings. The minimum atomic E-state index is -0.141. The van der Waals surface area contributed by atoms with E-state index in [1.165, 1.54) is 5.56 Å². The summed E-state index contributed by atoms with van der Waals surface area (Å²) in [7, 11) is 0. The Kier molecular flexibility index (Phi) is 4.37. The standard InChI is InChI=1S/C17H19BrN2O/c1-17(2,3)12-6-4-11(5-7-12)16(21)20-13-8-9-14(18)15(19)10-13/h4-10H,19H2,1-3H3,(H,20,21). The summed E-state index contributed by atoms with van der Waals surface area (Å²) in [6.45, 7) is 6.44. The Morgan fingerprint density at radius 1 is 1.10 bits per heavy atom. The smallest absolute Gasteiger partial charge is 0.255 e. The lowest BCUT2D eigenvalue weighted by molar-refractivity contribution is 0.102. The third-order valence-corrected chi connectivity index (χ3v) is 3.99. The lowest BCUT2D eigenvalue weighted by Gasteiger charge is -2.19. The Bertz CT molecular complexity index is 657. The Labute approximate surface area is 133 Å². The molecule has 21 heavy (non-hydrogen) atoms. The van der Waals surface area contributed by atoms with Gasteiger partial charge in [-0.15, -0.1) is 0 Å². The molecule has 4 heteroatoms. The average molecular weight is 347 g/mol. The summed E-state index contributed by atoms with van der Waals surface area (Å²) in [5, 5.41) is 2.84. The molecule has 3 N–H and O–H groups in total. The Hall–Kier alpha value is -1.81. The first-order valence-corrected chi connectivity index (χ1v) is 7.53. The minimum absolute atomic E-state index is 0.0785. The molecule has 0 unspecified atom stereocenters. The maximum atomic E-state index is 12.2. The van der Waals surface area contributed by atoms with Crippen molar-refractivity contribution in [2.24, 2.45) is 0 Å². The van der Waals surface area contributed by atoms with Gasteiger partial charge in [-0.2, -0.15) is 0 Å². The van der Waals surface area contributed by atoms with Crippen LogP contribution in [0.1, 0.15) is 36.7 Å². The van der Waals surface area contributed by atoms with Gasteiger partial charge in [0.25, 0.3) is 5.91 Å². The van der Waals surface area contributed by atoms with Gasteiger partial charge in [0.1, 0.15) is 0 Å². The van der Waals surface area contributed by atoms with Crippen LogP contribution in [0.15, 0.2) is 46.9 Å². The number of hydrogen-bond donors (Lipinski definition) is 2. The van der Waals surface area contributed by atoms with Gasteiger partial charge in [0.05, 0.1) is 0 Å². The van der Waals surface area contributed by atoms with E-state index in [0.29, 0.717) is 16.9 Å². The molecule has 2 aromatic rings. The lowest BCUT2D eigenvalue weighted by Crippen LogP contribution is -2.14. The molecule has 0 spiro atoms. The number of nitrogens with one attached hydrogen (secondary N) is 1. The van der Waals surface area contributed by atoms with E-state index in [-0.39, 0.29) is 11.3 Å². The van der Waals surface area contributed by atoms with Crippen LogP contribution in [0.3, 0.4) is 0 Å². The van der Waals surface area contributed by atoms with E-state index in [9.17, 15) is 4.79 Å². The average Bonchev–Trinajstić information content (AvgIpc) is 2.42. The predicted octanol–water partition coefficient (Wildman–Crippen LogP) is 4.58. The fourth-order valence-electron chi connectivity index (χ4n) is 1.95. The van der Waals surface area contributed by atoms with Gasteiger partial charge in [-0.05, 0) is 57.2 Å². The predicted molar refractivity (Wildman–Crippen MR) is 91.6 cm³/mol. The number of benzene rings is 2. The third kappa shape index (κ3) is 3.85. The maximum Gasteiger partial charge on any atom is 0.255 e. The Morgan fingerprint density at radius 3 is 2.24 bits per heavy atom. The van der Waals surface area contributed by atoms with Gasteiger partial charge in [-0.1, -0.05) is 32.9 Å². The molecule has 0 atom stereocenters. The molecular weight excluding hydrogens is 328 g/mol. The molecule has 1 amide bonds. The highest BCUT2D eigenvalue weighted by atomic mass is 79.9. The SMILES string of the molecule is CC(C)(C)c1ccc(C(=O)Nc2ccc(Br)c(N)c2)cc1. The number of amides is 1. The molecule has 2 rings (SSSR count). The molecule has 0 aliphatic heterocycles. The molecule has 110 valence electrons. The van der Waals surface area contributed by atoms with Gasteiger partial charge in [-0.3, -0.25) is 4.79 Å². The van der Waals surface area contributed by atoms with Gasteiger partial charge in [0.2, 0.25) is 0 Å². The molecule has 0 bridgehead atoms. The number of nitrogen functional groups attached to an aromatic ring is 1. The van der Waals surface area contributed by atoms with E-state index < -0.39 is 0 Å². The number of anilines is 2. The summed E-state index contributed by atoms with van der Waals surface area (Å²) >= 11 is 3.33. The maximum absolute atomic E-state index is 12.2. The molecule has 0 saturated heterocycles. The van der Waals surface area contributed by atoms with Crippen molar-refractivity contribution in [3.05, 3.63) is 58.1 Å². The van der Waals surface area contributed by atoms with Crippen molar-refractivity contribution < 1.29 is 4.79 Å². The highest BCUT2D eigenvalue weighted by molar-refractivity contribution is 9.10. The second-order valence-corrected chi connectivity index (χ2v) is 6.87. The quantitative estimate of drug-likeness (QED) is 0.781. The van der Waals surface area contributed by atoms with Crippen molar-refractivity contribution in [2.45, 2.75) is 26.2 Å². The number of rotatable bonds is 2. The largest absolute Gasteiger partial charge is 0.398 e. The van der Waals surface area contributed by atoms with Gasteiger partial charge in [0, 0.05) is 21.4 Å². The molecule has 0 radical (unpaired) electrons. The van der Waals surface area contributed by atoms with Crippen molar-refractivity contribution in [1.82, 2.24) is 0 Å². The summed E-state index contributed by atoms with van der Waals surface area (Å²) < 4.78 is 0.815. The Morgan fingerprint density at radius 2 is 1.71 bits per heavy atom. The van der Waals surface area contributed by atoms with E-state index in [1.54, 1.807) is 6.07 Å². The van der Waals surface area contributed by atoms with Crippen LogP contribution in [0.4, 0.5) is 11.4 Å². The zero-order valence-corrected chi connectivity index (χ0v) is 14.0. The molecular formula is C17H19BrN2O. The molecule has 2 aromatic carbocycles. The van der Waals surface area contributed by atoms with Crippen LogP contribution in [-0.2, 0) is 5.41 Å². The fourth-order valence-corrected chi connectivity index (χ4v) is 2.19. The Balaban J connectivity index is 2.15. The molecule has 0 aliphatic carbocycles. The topological polar surface area (TPSA) is 55.1 Å². The fraction of sp³-hybridized carbons (Fsp3) is 0.235. The van der Waals surface area contributed by atoms with Crippen molar-refractivity contribution in [3.63, 3.8) is 0 Å². The number of carbonyl (C=O) groups is 1. The summed E-state index contributed by atoms with van der Waals surface area (Å²) in [5.74, 6) is -0.141. The van der Waals surface area contributed by atoms with Crippen LogP contribution in [0.2, 0.25) is 0 Å². The van der Waals surface area contributed by atoms with E-state index in [4.69, 9.17) is 5.73 Å². The van der Waals surface area contributed by atoms with Crippen LogP contribution >= 0.6 is 15.9 Å². The normalized spacial score (nSPS) is 11.2. The third-order valence-electron chi connectivity index (χ3n) is 3.27. The van der Waals surface area contributed by atoms with Crippen molar-refractivity contribution in [3.8, 4) is 0 Å². The van der Waals surface area contributed by atoms with Crippen LogP contribution in [-0.4, -0.2) is 5.91 Å². The second-order valence-electron chi connectivity index (χ2n) is 6.02. The number of carbonyl (C=O) groups excluding carboxylic acids is 1. The van der Waals surface area contributed by atoms with E-state index in [2.05, 4.69) is 42.0 Å². The summed E-state index contributed by atoms with van der Waals surface area (Å²) in [6, 6.07) is 13.0. The number of nitrogens with two attached hydrogens (primary N) is 1. The van der Waals surface area contributed by atoms with Crippen molar-refractivity contribution in [1.29, 1.82) is 0 Å². The van der Waals surface area contributed by atoms with Crippen molar-refractivity contribution in [2.75, 3.05) is 11.1 Å². The van der Waals surface area contributed by atoms with Gasteiger partial charge < -0.3 is 11.1 Å². The summed E-state index contributed by atoms with van der Waals surface area (Å²) in [6.07, 6.45) is 0. The van der Waals surface area contributed by atoms with E-state index in [1.807, 2.05) is 36.4 Å². The molecule has 0 aliphatic rings. The highest BCUT2D eigenvalue weighted by Crippen LogP contribution is 2.24. The zero-order chi connectivity index (χ0) is 15.6. The second kappa shape index (κ2) is 5.90. The van der Waals surface area contributed by atoms with Gasteiger partial charge >= 0.3 is 0 Å². The zero-order valence-electron chi connectivity index (χ0n) is 12.4. The first-order valence-electron chi connectivity index (χ1n) is 6.74. The first-order chi connectivity index (χ1) is 9.77. The number of hydrogen-bond acceptors (Lipinski definition) is 2. The summed E-state index contributed by atoms with van der Waals surface area (Å²) in [5.41, 5.74) is 8.99. The van der Waals surface area contributed by atoms with E-state index >= 15 is 0 Å². The van der Waals surface area contributed by atoms with Crippen LogP contribution < -0.4 is 11.1 Å². The molecule has 0 aromatic heterocycles. The monoisotopic (exact) mass is 346 g/mol.